The van der Waals surface area contributed by atoms with E-state index in [-0.39, 0.29) is 16.8 Å². The smallest absolute Gasteiger partial charge is 0.255 e. The second-order valence-corrected chi connectivity index (χ2v) is 9.00. The van der Waals surface area contributed by atoms with Gasteiger partial charge in [-0.1, -0.05) is 6.42 Å². The average molecular weight is 391 g/mol. The van der Waals surface area contributed by atoms with Gasteiger partial charge in [-0.3, -0.25) is 9.48 Å². The van der Waals surface area contributed by atoms with Crippen LogP contribution in [0.3, 0.4) is 0 Å². The molecule has 1 aromatic heterocycles. The summed E-state index contributed by atoms with van der Waals surface area (Å²) < 4.78 is 29.0. The summed E-state index contributed by atoms with van der Waals surface area (Å²) in [5.74, 6) is -0.288. The van der Waals surface area contributed by atoms with Crippen molar-refractivity contribution in [3.8, 4) is 0 Å². The number of nitrogens with one attached hydrogen (secondary N) is 1. The lowest BCUT2D eigenvalue weighted by atomic mass is 10.1. The molecule has 0 saturated carbocycles. The quantitative estimate of drug-likeness (QED) is 0.870. The Bertz CT molecular complexity index is 948. The molecule has 0 radical (unpaired) electrons. The number of hydrogen-bond acceptors (Lipinski definition) is 4. The van der Waals surface area contributed by atoms with Gasteiger partial charge in [-0.15, -0.1) is 0 Å². The van der Waals surface area contributed by atoms with Gasteiger partial charge in [-0.25, -0.2) is 8.42 Å². The van der Waals surface area contributed by atoms with Crippen LogP contribution in [0.1, 0.15) is 47.9 Å². The predicted molar refractivity (Wildman–Crippen MR) is 104 cm³/mol. The Morgan fingerprint density at radius 3 is 2.41 bits per heavy atom. The molecule has 0 aliphatic carbocycles. The lowest BCUT2D eigenvalue weighted by molar-refractivity contribution is 0.102. The van der Waals surface area contributed by atoms with Gasteiger partial charge < -0.3 is 5.32 Å². The molecule has 1 N–H and O–H groups in total. The third kappa shape index (κ3) is 3.77. The van der Waals surface area contributed by atoms with E-state index >= 15 is 0 Å². The minimum absolute atomic E-state index is 0.00301. The highest BCUT2D eigenvalue weighted by atomic mass is 32.2. The molecule has 1 aliphatic rings. The fourth-order valence-corrected chi connectivity index (χ4v) is 5.18. The van der Waals surface area contributed by atoms with Gasteiger partial charge in [0, 0.05) is 25.2 Å². The van der Waals surface area contributed by atoms with Crippen molar-refractivity contribution in [2.24, 2.45) is 7.05 Å². The van der Waals surface area contributed by atoms with E-state index in [1.54, 1.807) is 21.1 Å². The number of amides is 1. The Morgan fingerprint density at radius 1 is 1.19 bits per heavy atom. The summed E-state index contributed by atoms with van der Waals surface area (Å²) in [6, 6.07) is 6.13. The van der Waals surface area contributed by atoms with Crippen LogP contribution in [0, 0.1) is 13.8 Å². The molecule has 146 valence electrons. The Balaban J connectivity index is 1.79. The number of carbonyl (C=O) groups is 1. The summed E-state index contributed by atoms with van der Waals surface area (Å²) in [5.41, 5.74) is 2.69. The topological polar surface area (TPSA) is 84.3 Å². The normalized spacial score (nSPS) is 18.4. The first-order valence-electron chi connectivity index (χ1n) is 9.15. The fraction of sp³-hybridized carbons (Fsp3) is 0.474. The van der Waals surface area contributed by atoms with Crippen LogP contribution in [0.2, 0.25) is 0 Å². The van der Waals surface area contributed by atoms with Crippen molar-refractivity contribution >= 4 is 21.6 Å². The van der Waals surface area contributed by atoms with E-state index in [9.17, 15) is 13.2 Å². The molecule has 1 atom stereocenters. The third-order valence-electron chi connectivity index (χ3n) is 5.21. The monoisotopic (exact) mass is 390 g/mol. The van der Waals surface area contributed by atoms with Crippen LogP contribution in [0.25, 0.3) is 0 Å². The highest BCUT2D eigenvalue weighted by molar-refractivity contribution is 7.89. The number of nitrogens with zero attached hydrogens (tertiary/aromatic N) is 3. The van der Waals surface area contributed by atoms with E-state index in [1.807, 2.05) is 27.8 Å². The highest BCUT2D eigenvalue weighted by Gasteiger charge is 2.30. The molecule has 1 saturated heterocycles. The molecule has 7 nitrogen and oxygen atoms in total. The summed E-state index contributed by atoms with van der Waals surface area (Å²) in [6.07, 6.45) is 2.82. The van der Waals surface area contributed by atoms with Crippen molar-refractivity contribution in [3.05, 3.63) is 41.2 Å². The van der Waals surface area contributed by atoms with Gasteiger partial charge in [-0.2, -0.15) is 9.40 Å². The minimum atomic E-state index is -3.53. The van der Waals surface area contributed by atoms with Crippen molar-refractivity contribution < 1.29 is 13.2 Å². The van der Waals surface area contributed by atoms with E-state index in [4.69, 9.17) is 0 Å². The summed E-state index contributed by atoms with van der Waals surface area (Å²) in [7, 11) is -1.72. The zero-order chi connectivity index (χ0) is 19.8. The van der Waals surface area contributed by atoms with Gasteiger partial charge >= 0.3 is 0 Å². The van der Waals surface area contributed by atoms with Gasteiger partial charge in [0.15, 0.2) is 0 Å². The number of piperidine rings is 1. The molecule has 8 heteroatoms. The molecule has 2 heterocycles. The van der Waals surface area contributed by atoms with Gasteiger partial charge in [0.2, 0.25) is 10.0 Å². The zero-order valence-electron chi connectivity index (χ0n) is 16.2. The summed E-state index contributed by atoms with van der Waals surface area (Å²) in [6.45, 7) is 6.20. The largest absolute Gasteiger partial charge is 0.319 e. The van der Waals surface area contributed by atoms with E-state index in [0.717, 1.165) is 30.7 Å². The lowest BCUT2D eigenvalue weighted by Gasteiger charge is -2.32. The van der Waals surface area contributed by atoms with Crippen molar-refractivity contribution in [1.82, 2.24) is 14.1 Å². The summed E-state index contributed by atoms with van der Waals surface area (Å²) >= 11 is 0. The summed E-state index contributed by atoms with van der Waals surface area (Å²) in [4.78, 5) is 12.8. The Morgan fingerprint density at radius 2 is 1.85 bits per heavy atom. The van der Waals surface area contributed by atoms with Crippen LogP contribution in [-0.2, 0) is 17.1 Å². The Hall–Kier alpha value is -2.19. The first kappa shape index (κ1) is 19.6. The van der Waals surface area contributed by atoms with E-state index < -0.39 is 10.0 Å². The second kappa shape index (κ2) is 7.44. The molecule has 0 spiro atoms. The van der Waals surface area contributed by atoms with Crippen LogP contribution in [0.15, 0.2) is 29.2 Å². The molecule has 1 fully saturated rings. The molecule has 1 aliphatic heterocycles. The zero-order valence-corrected chi connectivity index (χ0v) is 17.0. The first-order chi connectivity index (χ1) is 12.7. The maximum absolute atomic E-state index is 12.9. The van der Waals surface area contributed by atoms with Crippen LogP contribution in [0.4, 0.5) is 5.69 Å². The number of rotatable bonds is 4. The van der Waals surface area contributed by atoms with Gasteiger partial charge in [-0.05, 0) is 57.9 Å². The van der Waals surface area contributed by atoms with Crippen LogP contribution in [0.5, 0.6) is 0 Å². The first-order valence-corrected chi connectivity index (χ1v) is 10.6. The van der Waals surface area contributed by atoms with Gasteiger partial charge in [0.1, 0.15) is 0 Å². The molecule has 3 rings (SSSR count). The maximum atomic E-state index is 12.9. The summed E-state index contributed by atoms with van der Waals surface area (Å²) in [5, 5.41) is 7.14. The number of aryl methyl sites for hydroxylation is 2. The van der Waals surface area contributed by atoms with Crippen molar-refractivity contribution in [2.75, 3.05) is 11.9 Å². The predicted octanol–water partition coefficient (Wildman–Crippen LogP) is 2.85. The molecule has 0 bridgehead atoms. The fourth-order valence-electron chi connectivity index (χ4n) is 3.48. The maximum Gasteiger partial charge on any atom is 0.255 e. The Kier molecular flexibility index (Phi) is 5.39. The van der Waals surface area contributed by atoms with Crippen molar-refractivity contribution in [1.29, 1.82) is 0 Å². The number of carbonyl (C=O) groups excluding carboxylic acids is 1. The van der Waals surface area contributed by atoms with E-state index in [0.29, 0.717) is 17.8 Å². The van der Waals surface area contributed by atoms with Gasteiger partial charge in [0.05, 0.1) is 22.0 Å². The molecule has 1 unspecified atom stereocenters. The molecular weight excluding hydrogens is 364 g/mol. The number of benzene rings is 1. The van der Waals surface area contributed by atoms with Crippen LogP contribution in [-0.4, -0.2) is 41.0 Å². The van der Waals surface area contributed by atoms with Gasteiger partial charge in [0.25, 0.3) is 5.91 Å². The molecular formula is C19H26N4O3S. The number of hydrogen-bond donors (Lipinski definition) is 1. The number of sulfonamides is 1. The minimum Gasteiger partial charge on any atom is -0.319 e. The SMILES string of the molecule is Cc1nn(C)c(C)c1NC(=O)c1ccc(S(=O)(=O)N2CCCCC2C)cc1. The highest BCUT2D eigenvalue weighted by Crippen LogP contribution is 2.25. The van der Waals surface area contributed by atoms with E-state index in [1.165, 1.54) is 12.1 Å². The number of anilines is 1. The van der Waals surface area contributed by atoms with Crippen molar-refractivity contribution in [3.63, 3.8) is 0 Å². The average Bonchev–Trinajstić information content (AvgIpc) is 2.88. The van der Waals surface area contributed by atoms with Crippen LogP contribution < -0.4 is 5.32 Å². The third-order valence-corrected chi connectivity index (χ3v) is 7.24. The Labute approximate surface area is 160 Å². The van der Waals surface area contributed by atoms with E-state index in [2.05, 4.69) is 10.4 Å². The van der Waals surface area contributed by atoms with Crippen molar-refractivity contribution in [2.45, 2.75) is 51.0 Å². The second-order valence-electron chi connectivity index (χ2n) is 7.11. The lowest BCUT2D eigenvalue weighted by Crippen LogP contribution is -2.41. The molecule has 1 amide bonds. The molecule has 1 aromatic carbocycles. The number of aromatic nitrogens is 2. The standard InChI is InChI=1S/C19H26N4O3S/c1-13-7-5-6-12-23(13)27(25,26)17-10-8-16(9-11-17)19(24)20-18-14(2)21-22(4)15(18)3/h8-11,13H,5-7,12H2,1-4H3,(H,20,24). The van der Waals surface area contributed by atoms with Crippen LogP contribution >= 0.6 is 0 Å². The molecule has 2 aromatic rings. The molecule has 27 heavy (non-hydrogen) atoms.